The molecule has 0 aliphatic carbocycles. The fourth-order valence-electron chi connectivity index (χ4n) is 8.83. The molecule has 11 rings (SSSR count). The maximum Gasteiger partial charge on any atom is -0.00262 e. The van der Waals surface area contributed by atoms with E-state index in [0.717, 1.165) is 0 Å². The molecule has 0 N–H and O–H groups in total. The SMILES string of the molecule is c1cc(-c2ccc3ccccc3c2)cc(-c2c3ccccc3c(-c3ccc4cc(-c5cccc6c5ccc5ccccc56)ccc4c3)c3ccccc23)c1. The van der Waals surface area contributed by atoms with E-state index >= 15 is 0 Å². The first-order chi connectivity index (χ1) is 26.8. The van der Waals surface area contributed by atoms with Crippen LogP contribution in [0.5, 0.6) is 0 Å². The molecule has 0 saturated heterocycles. The van der Waals surface area contributed by atoms with Crippen LogP contribution in [0.15, 0.2) is 206 Å². The summed E-state index contributed by atoms with van der Waals surface area (Å²) in [6, 6.07) is 76.1. The van der Waals surface area contributed by atoms with Crippen molar-refractivity contribution in [3.63, 3.8) is 0 Å². The molecule has 0 aliphatic heterocycles. The Balaban J connectivity index is 1.05. The van der Waals surface area contributed by atoms with Crippen molar-refractivity contribution in [1.82, 2.24) is 0 Å². The Morgan fingerprint density at radius 3 is 1.33 bits per heavy atom. The number of fused-ring (bicyclic) bond motifs is 7. The monoisotopic (exact) mass is 682 g/mol. The van der Waals surface area contributed by atoms with Gasteiger partial charge in [0.25, 0.3) is 0 Å². The molecule has 250 valence electrons. The second-order valence-electron chi connectivity index (χ2n) is 14.4. The average Bonchev–Trinajstić information content (AvgIpc) is 3.24. The zero-order chi connectivity index (χ0) is 35.6. The van der Waals surface area contributed by atoms with Crippen LogP contribution in [0, 0.1) is 0 Å². The van der Waals surface area contributed by atoms with Crippen LogP contribution in [0.2, 0.25) is 0 Å². The normalized spacial score (nSPS) is 11.7. The van der Waals surface area contributed by atoms with Crippen LogP contribution in [0.4, 0.5) is 0 Å². The molecule has 0 aliphatic rings. The maximum atomic E-state index is 2.38. The molecule has 0 atom stereocenters. The van der Waals surface area contributed by atoms with E-state index in [9.17, 15) is 0 Å². The fourth-order valence-corrected chi connectivity index (χ4v) is 8.83. The van der Waals surface area contributed by atoms with Crippen molar-refractivity contribution < 1.29 is 0 Å². The molecule has 54 heavy (non-hydrogen) atoms. The van der Waals surface area contributed by atoms with Gasteiger partial charge in [-0.1, -0.05) is 182 Å². The van der Waals surface area contributed by atoms with Gasteiger partial charge in [-0.15, -0.1) is 0 Å². The van der Waals surface area contributed by atoms with Crippen molar-refractivity contribution >= 4 is 64.6 Å². The minimum absolute atomic E-state index is 1.22. The van der Waals surface area contributed by atoms with Crippen molar-refractivity contribution in [2.24, 2.45) is 0 Å². The number of hydrogen-bond donors (Lipinski definition) is 0. The molecule has 0 bridgehead atoms. The summed E-state index contributed by atoms with van der Waals surface area (Å²) in [7, 11) is 0. The van der Waals surface area contributed by atoms with E-state index in [4.69, 9.17) is 0 Å². The van der Waals surface area contributed by atoms with Crippen LogP contribution in [-0.4, -0.2) is 0 Å². The van der Waals surface area contributed by atoms with E-state index in [1.807, 2.05) is 0 Å². The van der Waals surface area contributed by atoms with E-state index < -0.39 is 0 Å². The van der Waals surface area contributed by atoms with Gasteiger partial charge in [-0.05, 0) is 133 Å². The van der Waals surface area contributed by atoms with Crippen molar-refractivity contribution in [3.05, 3.63) is 206 Å². The average molecular weight is 683 g/mol. The summed E-state index contributed by atoms with van der Waals surface area (Å²) in [6.07, 6.45) is 0. The summed E-state index contributed by atoms with van der Waals surface area (Å²) < 4.78 is 0. The zero-order valence-electron chi connectivity index (χ0n) is 29.6. The Bertz CT molecular complexity index is 3220. The Labute approximate surface area is 314 Å². The quantitative estimate of drug-likeness (QED) is 0.128. The Kier molecular flexibility index (Phi) is 6.97. The minimum Gasteiger partial charge on any atom is -0.0616 e. The van der Waals surface area contributed by atoms with E-state index in [0.29, 0.717) is 0 Å². The van der Waals surface area contributed by atoms with Gasteiger partial charge in [0.15, 0.2) is 0 Å². The van der Waals surface area contributed by atoms with Crippen LogP contribution in [-0.2, 0) is 0 Å². The van der Waals surface area contributed by atoms with Crippen molar-refractivity contribution in [2.45, 2.75) is 0 Å². The van der Waals surface area contributed by atoms with Crippen molar-refractivity contribution in [3.8, 4) is 44.5 Å². The highest BCUT2D eigenvalue weighted by Gasteiger charge is 2.17. The first-order valence-corrected chi connectivity index (χ1v) is 18.7. The molecule has 0 fully saturated rings. The fraction of sp³-hybridized carbons (Fsp3) is 0. The van der Waals surface area contributed by atoms with Crippen LogP contribution >= 0.6 is 0 Å². The molecule has 0 radical (unpaired) electrons. The van der Waals surface area contributed by atoms with Crippen molar-refractivity contribution in [2.75, 3.05) is 0 Å². The standard InChI is InChI=1S/C54H34/c1-2-13-37-31-39(24-23-35(37)11-1)38-14-9-15-43(33-38)53-49-17-5-7-19-51(49)54(52-20-8-6-18-50(52)53)44-28-26-40-32-42(27-25-41(40)34-44)46-21-10-22-47-45-16-4-3-12-36(45)29-30-48(46)47/h1-34H. The summed E-state index contributed by atoms with van der Waals surface area (Å²) in [5.41, 5.74) is 9.98. The lowest BCUT2D eigenvalue weighted by atomic mass is 9.85. The van der Waals surface area contributed by atoms with Crippen LogP contribution in [0.3, 0.4) is 0 Å². The molecule has 0 nitrogen and oxygen atoms in total. The smallest absolute Gasteiger partial charge is 0.00262 e. The van der Waals surface area contributed by atoms with E-state index in [1.54, 1.807) is 0 Å². The highest BCUT2D eigenvalue weighted by molar-refractivity contribution is 6.22. The molecular weight excluding hydrogens is 649 g/mol. The number of rotatable bonds is 4. The second-order valence-corrected chi connectivity index (χ2v) is 14.4. The van der Waals surface area contributed by atoms with Gasteiger partial charge in [-0.2, -0.15) is 0 Å². The van der Waals surface area contributed by atoms with E-state index in [2.05, 4.69) is 206 Å². The summed E-state index contributed by atoms with van der Waals surface area (Å²) in [6.45, 7) is 0. The zero-order valence-corrected chi connectivity index (χ0v) is 29.6. The van der Waals surface area contributed by atoms with Crippen LogP contribution in [0.1, 0.15) is 0 Å². The predicted octanol–water partition coefficient (Wildman–Crippen LogP) is 15.3. The van der Waals surface area contributed by atoms with Gasteiger partial charge < -0.3 is 0 Å². The largest absolute Gasteiger partial charge is 0.0616 e. The first kappa shape index (κ1) is 30.6. The lowest BCUT2D eigenvalue weighted by molar-refractivity contribution is 1.63. The third kappa shape index (κ3) is 4.92. The van der Waals surface area contributed by atoms with Gasteiger partial charge in [0, 0.05) is 0 Å². The highest BCUT2D eigenvalue weighted by Crippen LogP contribution is 2.45. The van der Waals surface area contributed by atoms with Gasteiger partial charge in [0.1, 0.15) is 0 Å². The third-order valence-electron chi connectivity index (χ3n) is 11.4. The van der Waals surface area contributed by atoms with Gasteiger partial charge in [-0.3, -0.25) is 0 Å². The van der Waals surface area contributed by atoms with Gasteiger partial charge in [0.05, 0.1) is 0 Å². The van der Waals surface area contributed by atoms with E-state index in [1.165, 1.54) is 109 Å². The molecule has 0 aromatic heterocycles. The Morgan fingerprint density at radius 2 is 0.611 bits per heavy atom. The second kappa shape index (κ2) is 12.3. The summed E-state index contributed by atoms with van der Waals surface area (Å²) in [5.74, 6) is 0. The molecule has 0 heteroatoms. The van der Waals surface area contributed by atoms with Gasteiger partial charge >= 0.3 is 0 Å². The number of benzene rings is 11. The summed E-state index contributed by atoms with van der Waals surface area (Å²) >= 11 is 0. The lowest BCUT2D eigenvalue weighted by Gasteiger charge is -2.18. The van der Waals surface area contributed by atoms with Crippen molar-refractivity contribution in [1.29, 1.82) is 0 Å². The maximum absolute atomic E-state index is 2.38. The Morgan fingerprint density at radius 1 is 0.185 bits per heavy atom. The molecular formula is C54H34. The molecule has 0 amide bonds. The highest BCUT2D eigenvalue weighted by atomic mass is 14.2. The third-order valence-corrected chi connectivity index (χ3v) is 11.4. The van der Waals surface area contributed by atoms with Gasteiger partial charge in [0.2, 0.25) is 0 Å². The van der Waals surface area contributed by atoms with E-state index in [-0.39, 0.29) is 0 Å². The molecule has 11 aromatic rings. The summed E-state index contributed by atoms with van der Waals surface area (Å²) in [4.78, 5) is 0. The van der Waals surface area contributed by atoms with Crippen LogP contribution in [0.25, 0.3) is 109 Å². The molecule has 0 heterocycles. The number of hydrogen-bond acceptors (Lipinski definition) is 0. The van der Waals surface area contributed by atoms with Crippen LogP contribution < -0.4 is 0 Å². The van der Waals surface area contributed by atoms with Gasteiger partial charge in [-0.25, -0.2) is 0 Å². The topological polar surface area (TPSA) is 0 Å². The molecule has 0 unspecified atom stereocenters. The lowest BCUT2D eigenvalue weighted by Crippen LogP contribution is -1.91. The molecule has 0 saturated carbocycles. The predicted molar refractivity (Wildman–Crippen MR) is 233 cm³/mol. The molecule has 0 spiro atoms. The minimum atomic E-state index is 1.22. The Hall–Kier alpha value is -7.02. The first-order valence-electron chi connectivity index (χ1n) is 18.7. The molecule has 11 aromatic carbocycles. The summed E-state index contributed by atoms with van der Waals surface area (Å²) in [5, 5.41) is 15.2.